The molecule has 0 heterocycles. The summed E-state index contributed by atoms with van der Waals surface area (Å²) in [5, 5.41) is 2.88. The third-order valence-corrected chi connectivity index (χ3v) is 7.01. The molecule has 1 N–H and O–H groups in total. The Bertz CT molecular complexity index is 1130. The molecular formula is C26H37N3O5S. The Hall–Kier alpha value is -3.07. The van der Waals surface area contributed by atoms with Crippen molar-refractivity contribution in [2.45, 2.75) is 53.1 Å². The predicted molar refractivity (Wildman–Crippen MR) is 139 cm³/mol. The maximum Gasteiger partial charge on any atom is 0.244 e. The van der Waals surface area contributed by atoms with E-state index < -0.39 is 28.5 Å². The number of rotatable bonds is 12. The number of unbranched alkanes of at least 4 members (excludes halogenated alkanes) is 1. The number of hydrogen-bond donors (Lipinski definition) is 1. The van der Waals surface area contributed by atoms with Crippen molar-refractivity contribution in [2.75, 3.05) is 30.8 Å². The van der Waals surface area contributed by atoms with E-state index in [-0.39, 0.29) is 18.1 Å². The number of anilines is 1. The number of benzene rings is 2. The monoisotopic (exact) mass is 503 g/mol. The van der Waals surface area contributed by atoms with Gasteiger partial charge in [0.2, 0.25) is 21.8 Å². The summed E-state index contributed by atoms with van der Waals surface area (Å²) < 4.78 is 32.0. The maximum absolute atomic E-state index is 13.6. The van der Waals surface area contributed by atoms with Crippen LogP contribution < -0.4 is 14.4 Å². The van der Waals surface area contributed by atoms with Crippen LogP contribution in [0.2, 0.25) is 0 Å². The molecule has 8 nitrogen and oxygen atoms in total. The summed E-state index contributed by atoms with van der Waals surface area (Å²) in [4.78, 5) is 28.0. The van der Waals surface area contributed by atoms with E-state index in [2.05, 4.69) is 5.32 Å². The molecule has 0 bridgehead atoms. The van der Waals surface area contributed by atoms with Crippen LogP contribution in [-0.2, 0) is 26.2 Å². The number of methoxy groups -OCH3 is 1. The summed E-state index contributed by atoms with van der Waals surface area (Å²) in [7, 11) is -2.39. The van der Waals surface area contributed by atoms with Crippen molar-refractivity contribution in [2.24, 2.45) is 0 Å². The van der Waals surface area contributed by atoms with E-state index in [0.29, 0.717) is 12.3 Å². The minimum atomic E-state index is -3.84. The molecule has 0 spiro atoms. The second-order valence-electron chi connectivity index (χ2n) is 8.71. The lowest BCUT2D eigenvalue weighted by Gasteiger charge is -2.32. The fourth-order valence-electron chi connectivity index (χ4n) is 3.68. The highest BCUT2D eigenvalue weighted by atomic mass is 32.2. The second-order valence-corrected chi connectivity index (χ2v) is 10.6. The highest BCUT2D eigenvalue weighted by Gasteiger charge is 2.31. The number of amides is 2. The molecule has 2 aromatic carbocycles. The van der Waals surface area contributed by atoms with E-state index in [9.17, 15) is 18.0 Å². The molecule has 9 heteroatoms. The van der Waals surface area contributed by atoms with Crippen LogP contribution in [-0.4, -0.2) is 57.6 Å². The highest BCUT2D eigenvalue weighted by molar-refractivity contribution is 7.92. The van der Waals surface area contributed by atoms with Crippen molar-refractivity contribution < 1.29 is 22.7 Å². The van der Waals surface area contributed by atoms with Gasteiger partial charge in [-0.25, -0.2) is 8.42 Å². The Morgan fingerprint density at radius 3 is 2.40 bits per heavy atom. The SMILES string of the molecule is CCCCNC(=O)[C@@H](C)N(Cc1ccccc1C)C(=O)CN(c1cc(C)ccc1OC)S(C)(=O)=O. The predicted octanol–water partition coefficient (Wildman–Crippen LogP) is 3.41. The van der Waals surface area contributed by atoms with E-state index in [0.717, 1.165) is 40.1 Å². The average Bonchev–Trinajstić information content (AvgIpc) is 2.80. The molecule has 1 atom stereocenters. The first-order valence-electron chi connectivity index (χ1n) is 11.7. The van der Waals surface area contributed by atoms with Crippen LogP contribution >= 0.6 is 0 Å². The lowest BCUT2D eigenvalue weighted by atomic mass is 10.1. The number of nitrogens with zero attached hydrogens (tertiary/aromatic N) is 2. The van der Waals surface area contributed by atoms with Gasteiger partial charge in [-0.3, -0.25) is 13.9 Å². The van der Waals surface area contributed by atoms with Gasteiger partial charge in [0.1, 0.15) is 18.3 Å². The summed E-state index contributed by atoms with van der Waals surface area (Å²) in [5.41, 5.74) is 2.96. The van der Waals surface area contributed by atoms with Crippen molar-refractivity contribution in [1.29, 1.82) is 0 Å². The van der Waals surface area contributed by atoms with E-state index >= 15 is 0 Å². The molecule has 2 rings (SSSR count). The topological polar surface area (TPSA) is 96.0 Å². The van der Waals surface area contributed by atoms with Gasteiger partial charge < -0.3 is 15.0 Å². The average molecular weight is 504 g/mol. The first kappa shape index (κ1) is 28.2. The zero-order valence-corrected chi connectivity index (χ0v) is 22.3. The van der Waals surface area contributed by atoms with Crippen molar-refractivity contribution in [1.82, 2.24) is 10.2 Å². The first-order valence-corrected chi connectivity index (χ1v) is 13.6. The number of nitrogens with one attached hydrogen (secondary N) is 1. The van der Waals surface area contributed by atoms with Crippen LogP contribution in [0, 0.1) is 13.8 Å². The standard InChI is InChI=1S/C26H37N3O5S/c1-7-8-15-27-26(31)21(4)28(17-22-12-10-9-11-20(22)3)25(30)18-29(35(6,32)33)23-16-19(2)13-14-24(23)34-5/h9-14,16,21H,7-8,15,17-18H2,1-6H3,(H,27,31)/t21-/m1/s1. The number of hydrogen-bond acceptors (Lipinski definition) is 5. The van der Waals surface area contributed by atoms with Gasteiger partial charge in [-0.1, -0.05) is 43.7 Å². The maximum atomic E-state index is 13.6. The molecule has 0 unspecified atom stereocenters. The number of carbonyl (C=O) groups is 2. The van der Waals surface area contributed by atoms with Crippen LogP contribution in [0.1, 0.15) is 43.4 Å². The van der Waals surface area contributed by atoms with Crippen LogP contribution in [0.15, 0.2) is 42.5 Å². The van der Waals surface area contributed by atoms with Gasteiger partial charge >= 0.3 is 0 Å². The van der Waals surface area contributed by atoms with Gasteiger partial charge in [0.25, 0.3) is 0 Å². The summed E-state index contributed by atoms with van der Waals surface area (Å²) in [6.07, 6.45) is 2.82. The molecule has 0 aromatic heterocycles. The molecule has 0 aliphatic rings. The van der Waals surface area contributed by atoms with Crippen molar-refractivity contribution in [3.63, 3.8) is 0 Å². The third kappa shape index (κ3) is 7.71. The lowest BCUT2D eigenvalue weighted by molar-refractivity contribution is -0.139. The first-order chi connectivity index (χ1) is 16.5. The molecule has 35 heavy (non-hydrogen) atoms. The minimum Gasteiger partial charge on any atom is -0.495 e. The summed E-state index contributed by atoms with van der Waals surface area (Å²) in [5.74, 6) is -0.426. The van der Waals surface area contributed by atoms with Gasteiger partial charge in [0.15, 0.2) is 0 Å². The molecule has 192 valence electrons. The molecule has 0 saturated carbocycles. The Morgan fingerprint density at radius 2 is 1.80 bits per heavy atom. The molecule has 2 amide bonds. The lowest BCUT2D eigenvalue weighted by Crippen LogP contribution is -2.51. The molecule has 0 aliphatic heterocycles. The summed E-state index contributed by atoms with van der Waals surface area (Å²) in [6, 6.07) is 12.0. The zero-order chi connectivity index (χ0) is 26.2. The Kier molecular flexibility index (Phi) is 10.1. The van der Waals surface area contributed by atoms with Crippen LogP contribution in [0.25, 0.3) is 0 Å². The molecule has 2 aromatic rings. The largest absolute Gasteiger partial charge is 0.495 e. The minimum absolute atomic E-state index is 0.177. The number of carbonyl (C=O) groups excluding carboxylic acids is 2. The highest BCUT2D eigenvalue weighted by Crippen LogP contribution is 2.31. The molecular weight excluding hydrogens is 466 g/mol. The summed E-state index contributed by atoms with van der Waals surface area (Å²) >= 11 is 0. The zero-order valence-electron chi connectivity index (χ0n) is 21.5. The van der Waals surface area contributed by atoms with E-state index in [1.165, 1.54) is 12.0 Å². The Morgan fingerprint density at radius 1 is 1.11 bits per heavy atom. The number of ether oxygens (including phenoxy) is 1. The molecule has 0 aliphatic carbocycles. The van der Waals surface area contributed by atoms with Crippen LogP contribution in [0.5, 0.6) is 5.75 Å². The Labute approximate surface area is 209 Å². The van der Waals surface area contributed by atoms with Crippen molar-refractivity contribution in [3.8, 4) is 5.75 Å². The van der Waals surface area contributed by atoms with Gasteiger partial charge in [0.05, 0.1) is 19.1 Å². The second kappa shape index (κ2) is 12.6. The van der Waals surface area contributed by atoms with Gasteiger partial charge in [-0.15, -0.1) is 0 Å². The van der Waals surface area contributed by atoms with Gasteiger partial charge in [-0.2, -0.15) is 0 Å². The van der Waals surface area contributed by atoms with Crippen LogP contribution in [0.4, 0.5) is 5.69 Å². The smallest absolute Gasteiger partial charge is 0.244 e. The van der Waals surface area contributed by atoms with Gasteiger partial charge in [0, 0.05) is 13.1 Å². The van der Waals surface area contributed by atoms with Crippen molar-refractivity contribution in [3.05, 3.63) is 59.2 Å². The van der Waals surface area contributed by atoms with E-state index in [1.807, 2.05) is 45.0 Å². The summed E-state index contributed by atoms with van der Waals surface area (Å²) in [6.45, 7) is 7.69. The number of sulfonamides is 1. The normalized spacial score (nSPS) is 12.1. The molecule has 0 saturated heterocycles. The van der Waals surface area contributed by atoms with Crippen molar-refractivity contribution >= 4 is 27.5 Å². The molecule has 0 radical (unpaired) electrons. The fraction of sp³-hybridized carbons (Fsp3) is 0.462. The third-order valence-electron chi connectivity index (χ3n) is 5.88. The fourth-order valence-corrected chi connectivity index (χ4v) is 4.52. The molecule has 0 fully saturated rings. The quantitative estimate of drug-likeness (QED) is 0.448. The van der Waals surface area contributed by atoms with Gasteiger partial charge in [-0.05, 0) is 56.0 Å². The van der Waals surface area contributed by atoms with Crippen LogP contribution in [0.3, 0.4) is 0 Å². The van der Waals surface area contributed by atoms with E-state index in [4.69, 9.17) is 4.74 Å². The van der Waals surface area contributed by atoms with E-state index in [1.54, 1.807) is 25.1 Å². The Balaban J connectivity index is 2.43. The number of aryl methyl sites for hydroxylation is 2.